The second kappa shape index (κ2) is 17.1. The van der Waals surface area contributed by atoms with Crippen LogP contribution in [-0.2, 0) is 9.47 Å². The first-order valence-electron chi connectivity index (χ1n) is 15.9. The molecule has 0 amide bonds. The van der Waals surface area contributed by atoms with E-state index in [1.165, 1.54) is 25.3 Å². The molecule has 0 fully saturated rings. The summed E-state index contributed by atoms with van der Waals surface area (Å²) in [5.74, 6) is -0.154. The number of unbranched alkanes of at least 4 members (excludes halogenated alkanes) is 3. The topological polar surface area (TPSA) is 93.7 Å². The van der Waals surface area contributed by atoms with Gasteiger partial charge in [-0.15, -0.1) is 0 Å². The number of hydrogen-bond acceptors (Lipinski definition) is 7. The molecule has 2 N–H and O–H groups in total. The van der Waals surface area contributed by atoms with Crippen LogP contribution in [0.3, 0.4) is 0 Å². The van der Waals surface area contributed by atoms with Gasteiger partial charge in [0.25, 0.3) is 0 Å². The molecule has 7 heteroatoms. The number of rotatable bonds is 19. The maximum atomic E-state index is 13.9. The highest BCUT2D eigenvalue weighted by atomic mass is 16.5. The molecule has 3 rings (SSSR count). The molecular weight excluding hydrogens is 528 g/mol. The molecule has 0 spiro atoms. The molecule has 0 radical (unpaired) electrons. The highest BCUT2D eigenvalue weighted by Gasteiger charge is 2.34. The van der Waals surface area contributed by atoms with E-state index in [2.05, 4.69) is 31.4 Å². The predicted molar refractivity (Wildman–Crippen MR) is 170 cm³/mol. The molecule has 0 saturated heterocycles. The van der Waals surface area contributed by atoms with E-state index in [1.54, 1.807) is 12.1 Å². The van der Waals surface area contributed by atoms with Crippen LogP contribution >= 0.6 is 0 Å². The van der Waals surface area contributed by atoms with Gasteiger partial charge in [-0.2, -0.15) is 0 Å². The van der Waals surface area contributed by atoms with Gasteiger partial charge < -0.3 is 20.1 Å². The van der Waals surface area contributed by atoms with E-state index in [1.807, 2.05) is 26.0 Å². The average Bonchev–Trinajstić information content (AvgIpc) is 2.99. The minimum atomic E-state index is -0.497. The zero-order chi connectivity index (χ0) is 30.5. The van der Waals surface area contributed by atoms with Gasteiger partial charge in [-0.1, -0.05) is 60.3 Å². The fourth-order valence-corrected chi connectivity index (χ4v) is 5.12. The highest BCUT2D eigenvalue weighted by molar-refractivity contribution is 6.32. The van der Waals surface area contributed by atoms with Crippen molar-refractivity contribution in [2.45, 2.75) is 86.0 Å². The summed E-state index contributed by atoms with van der Waals surface area (Å²) >= 11 is 0. The number of ketones is 2. The van der Waals surface area contributed by atoms with Crippen molar-refractivity contribution in [2.24, 2.45) is 11.8 Å². The Kier molecular flexibility index (Phi) is 13.5. The summed E-state index contributed by atoms with van der Waals surface area (Å²) in [5.41, 5.74) is 2.87. The Morgan fingerprint density at radius 3 is 2.05 bits per heavy atom. The smallest absolute Gasteiger partial charge is 0.338 e. The predicted octanol–water partition coefficient (Wildman–Crippen LogP) is 7.91. The molecular formula is C35H50N2O5. The van der Waals surface area contributed by atoms with Crippen LogP contribution in [0.1, 0.15) is 128 Å². The number of carbonyl (C=O) groups is 3. The zero-order valence-corrected chi connectivity index (χ0v) is 26.3. The maximum Gasteiger partial charge on any atom is 0.338 e. The molecule has 1 aliphatic rings. The number of carbonyl (C=O) groups excluding carboxylic acids is 3. The zero-order valence-electron chi connectivity index (χ0n) is 26.3. The van der Waals surface area contributed by atoms with E-state index in [-0.39, 0.29) is 35.2 Å². The summed E-state index contributed by atoms with van der Waals surface area (Å²) < 4.78 is 11.3. The quantitative estimate of drug-likeness (QED) is 0.110. The Balaban J connectivity index is 1.75. The number of anilines is 2. The van der Waals surface area contributed by atoms with Gasteiger partial charge in [0.2, 0.25) is 0 Å². The Hall–Kier alpha value is -3.19. The van der Waals surface area contributed by atoms with Crippen molar-refractivity contribution in [3.8, 4) is 0 Å². The first-order valence-corrected chi connectivity index (χ1v) is 15.9. The van der Waals surface area contributed by atoms with Crippen molar-refractivity contribution in [3.63, 3.8) is 0 Å². The Morgan fingerprint density at radius 1 is 0.786 bits per heavy atom. The van der Waals surface area contributed by atoms with Gasteiger partial charge in [-0.05, 0) is 67.9 Å². The fourth-order valence-electron chi connectivity index (χ4n) is 5.12. The number of ether oxygens (including phenoxy) is 2. The summed E-state index contributed by atoms with van der Waals surface area (Å²) in [7, 11) is 0. The molecule has 0 bridgehead atoms. The summed E-state index contributed by atoms with van der Waals surface area (Å²) in [4.78, 5) is 40.4. The summed E-state index contributed by atoms with van der Waals surface area (Å²) in [6.07, 6.45) is 8.59. The van der Waals surface area contributed by atoms with Crippen molar-refractivity contribution < 1.29 is 23.9 Å². The summed E-state index contributed by atoms with van der Waals surface area (Å²) in [6.45, 7) is 13.7. The molecule has 7 nitrogen and oxygen atoms in total. The van der Waals surface area contributed by atoms with Crippen LogP contribution in [0.4, 0.5) is 11.4 Å². The molecule has 0 saturated carbocycles. The number of nitrogens with one attached hydrogen (secondary N) is 2. The van der Waals surface area contributed by atoms with Crippen LogP contribution in [0.25, 0.3) is 0 Å². The van der Waals surface area contributed by atoms with Gasteiger partial charge in [0.15, 0.2) is 11.6 Å². The average molecular weight is 579 g/mol. The lowest BCUT2D eigenvalue weighted by molar-refractivity contribution is 0.0458. The van der Waals surface area contributed by atoms with Crippen LogP contribution in [0, 0.1) is 11.8 Å². The largest absolute Gasteiger partial charge is 0.462 e. The van der Waals surface area contributed by atoms with Crippen molar-refractivity contribution in [3.05, 3.63) is 58.1 Å². The fraction of sp³-hybridized carbons (Fsp3) is 0.571. The van der Waals surface area contributed by atoms with Crippen LogP contribution in [0.5, 0.6) is 0 Å². The number of fused-ring (bicyclic) bond motifs is 2. The van der Waals surface area contributed by atoms with E-state index in [0.29, 0.717) is 53.7 Å². The lowest BCUT2D eigenvalue weighted by Crippen LogP contribution is -2.25. The van der Waals surface area contributed by atoms with Crippen LogP contribution in [0.15, 0.2) is 30.3 Å². The lowest BCUT2D eigenvalue weighted by atomic mass is 9.81. The van der Waals surface area contributed by atoms with Crippen LogP contribution in [0.2, 0.25) is 0 Å². The molecule has 1 aliphatic carbocycles. The van der Waals surface area contributed by atoms with Gasteiger partial charge in [-0.25, -0.2) is 4.79 Å². The van der Waals surface area contributed by atoms with Gasteiger partial charge in [0.05, 0.1) is 23.3 Å². The SMILES string of the molecule is CCCCNc1ccc(NCCCCOCC(CC)CCCC)c2c1C(=O)c1ccc(C(=O)OCC(C)C)cc1C2=O. The van der Waals surface area contributed by atoms with E-state index in [4.69, 9.17) is 9.47 Å². The molecule has 230 valence electrons. The second-order valence-corrected chi connectivity index (χ2v) is 11.7. The summed E-state index contributed by atoms with van der Waals surface area (Å²) in [5, 5.41) is 6.77. The molecule has 2 aromatic carbocycles. The van der Waals surface area contributed by atoms with E-state index < -0.39 is 5.97 Å². The monoisotopic (exact) mass is 578 g/mol. The van der Waals surface area contributed by atoms with Gasteiger partial charge in [0, 0.05) is 48.8 Å². The third-order valence-electron chi connectivity index (χ3n) is 7.73. The summed E-state index contributed by atoms with van der Waals surface area (Å²) in [6, 6.07) is 8.41. The van der Waals surface area contributed by atoms with Crippen molar-refractivity contribution in [1.29, 1.82) is 0 Å². The van der Waals surface area contributed by atoms with E-state index in [0.717, 1.165) is 38.7 Å². The number of benzene rings is 2. The molecule has 42 heavy (non-hydrogen) atoms. The molecule has 0 aromatic heterocycles. The lowest BCUT2D eigenvalue weighted by Gasteiger charge is -2.24. The van der Waals surface area contributed by atoms with Crippen molar-refractivity contribution >= 4 is 28.9 Å². The minimum absolute atomic E-state index is 0.194. The molecule has 2 aromatic rings. The maximum absolute atomic E-state index is 13.9. The van der Waals surface area contributed by atoms with Gasteiger partial charge in [-0.3, -0.25) is 9.59 Å². The highest BCUT2D eigenvalue weighted by Crippen LogP contribution is 2.37. The molecule has 1 unspecified atom stereocenters. The first-order chi connectivity index (χ1) is 20.3. The van der Waals surface area contributed by atoms with E-state index in [9.17, 15) is 14.4 Å². The Labute approximate surface area is 252 Å². The Morgan fingerprint density at radius 2 is 1.43 bits per heavy atom. The van der Waals surface area contributed by atoms with Gasteiger partial charge in [0.1, 0.15) is 0 Å². The van der Waals surface area contributed by atoms with Crippen LogP contribution < -0.4 is 10.6 Å². The first kappa shape index (κ1) is 33.3. The normalized spacial score (nSPS) is 13.1. The third kappa shape index (κ3) is 8.90. The molecule has 1 atom stereocenters. The number of esters is 1. The Bertz CT molecular complexity index is 1210. The van der Waals surface area contributed by atoms with Crippen molar-refractivity contribution in [1.82, 2.24) is 0 Å². The number of hydrogen-bond donors (Lipinski definition) is 2. The van der Waals surface area contributed by atoms with Crippen molar-refractivity contribution in [2.75, 3.05) is 43.5 Å². The third-order valence-corrected chi connectivity index (χ3v) is 7.73. The van der Waals surface area contributed by atoms with E-state index >= 15 is 0 Å². The van der Waals surface area contributed by atoms with Gasteiger partial charge >= 0.3 is 5.97 Å². The second-order valence-electron chi connectivity index (χ2n) is 11.7. The molecule has 0 aliphatic heterocycles. The standard InChI is InChI=1S/C35H50N2O5/c1-6-9-13-25(8-3)23-41-20-12-11-19-37-30-17-16-29(36-18-10-7-2)31-32(30)34(39)28-21-26(14-15-27(28)33(31)38)35(40)42-22-24(4)5/h14-17,21,24-25,36-37H,6-13,18-20,22-23H2,1-5H3. The van der Waals surface area contributed by atoms with Crippen LogP contribution in [-0.4, -0.2) is 50.4 Å². The minimum Gasteiger partial charge on any atom is -0.462 e. The molecule has 0 heterocycles.